The second kappa shape index (κ2) is 8.32. The zero-order chi connectivity index (χ0) is 14.9. The molecular formula is C16H24N4O. The van der Waals surface area contributed by atoms with Crippen molar-refractivity contribution in [1.82, 2.24) is 15.6 Å². The van der Waals surface area contributed by atoms with Gasteiger partial charge in [0.2, 0.25) is 0 Å². The van der Waals surface area contributed by atoms with E-state index in [-0.39, 0.29) is 0 Å². The molecule has 0 atom stereocenters. The highest BCUT2D eigenvalue weighted by atomic mass is 16.5. The Hall–Kier alpha value is -2.01. The number of aromatic amines is 1. The van der Waals surface area contributed by atoms with Gasteiger partial charge in [0, 0.05) is 51.0 Å². The van der Waals surface area contributed by atoms with Gasteiger partial charge in [-0.2, -0.15) is 0 Å². The normalized spacial score (nSPS) is 11.8. The summed E-state index contributed by atoms with van der Waals surface area (Å²) in [5, 5.41) is 7.90. The lowest BCUT2D eigenvalue weighted by molar-refractivity contribution is 0.195. The maximum absolute atomic E-state index is 5.02. The summed E-state index contributed by atoms with van der Waals surface area (Å²) in [6.45, 7) is 2.48. The molecule has 5 nitrogen and oxygen atoms in total. The number of rotatable bonds is 7. The van der Waals surface area contributed by atoms with Crippen LogP contribution in [0.3, 0.4) is 0 Å². The number of aliphatic imine (C=N–C) groups is 1. The van der Waals surface area contributed by atoms with Crippen LogP contribution in [0.5, 0.6) is 0 Å². The lowest BCUT2D eigenvalue weighted by atomic mass is 10.1. The molecule has 5 heteroatoms. The van der Waals surface area contributed by atoms with Gasteiger partial charge in [-0.3, -0.25) is 4.99 Å². The predicted molar refractivity (Wildman–Crippen MR) is 87.9 cm³/mol. The molecule has 0 spiro atoms. The molecule has 0 aliphatic carbocycles. The summed E-state index contributed by atoms with van der Waals surface area (Å²) in [4.78, 5) is 7.51. The standard InChI is InChI=1S/C16H24N4O/c1-17-16(18-9-5-11-21-2)19-10-8-13-12-20-15-7-4-3-6-14(13)15/h3-4,6-7,12,20H,5,8-11H2,1-2H3,(H2,17,18,19). The Morgan fingerprint density at radius 2 is 2.05 bits per heavy atom. The van der Waals surface area contributed by atoms with Crippen molar-refractivity contribution in [3.63, 3.8) is 0 Å². The monoisotopic (exact) mass is 288 g/mol. The van der Waals surface area contributed by atoms with Crippen LogP contribution in [0.2, 0.25) is 0 Å². The topological polar surface area (TPSA) is 61.4 Å². The Bertz CT molecular complexity index is 576. The summed E-state index contributed by atoms with van der Waals surface area (Å²) in [6.07, 6.45) is 4.02. The molecule has 0 radical (unpaired) electrons. The van der Waals surface area contributed by atoms with Crippen LogP contribution in [0.4, 0.5) is 0 Å². The number of methoxy groups -OCH3 is 1. The quantitative estimate of drug-likeness (QED) is 0.414. The van der Waals surface area contributed by atoms with E-state index < -0.39 is 0 Å². The molecule has 0 unspecified atom stereocenters. The van der Waals surface area contributed by atoms with Crippen molar-refractivity contribution < 1.29 is 4.74 Å². The Morgan fingerprint density at radius 3 is 2.86 bits per heavy atom. The second-order valence-electron chi connectivity index (χ2n) is 4.88. The molecule has 21 heavy (non-hydrogen) atoms. The first-order chi connectivity index (χ1) is 10.3. The number of hydrogen-bond donors (Lipinski definition) is 3. The van der Waals surface area contributed by atoms with Crippen LogP contribution in [0.1, 0.15) is 12.0 Å². The number of nitrogens with one attached hydrogen (secondary N) is 3. The van der Waals surface area contributed by atoms with Gasteiger partial charge in [0.15, 0.2) is 5.96 Å². The molecule has 2 aromatic rings. The maximum Gasteiger partial charge on any atom is 0.190 e. The van der Waals surface area contributed by atoms with Gasteiger partial charge in [0.25, 0.3) is 0 Å². The SMILES string of the molecule is CN=C(NCCCOC)NCCc1c[nH]c2ccccc12. The molecule has 0 aliphatic heterocycles. The van der Waals surface area contributed by atoms with Crippen molar-refractivity contribution >= 4 is 16.9 Å². The highest BCUT2D eigenvalue weighted by molar-refractivity contribution is 5.83. The fraction of sp³-hybridized carbons (Fsp3) is 0.438. The Morgan fingerprint density at radius 1 is 1.24 bits per heavy atom. The van der Waals surface area contributed by atoms with Crippen molar-refractivity contribution in [3.05, 3.63) is 36.0 Å². The average molecular weight is 288 g/mol. The van der Waals surface area contributed by atoms with Crippen LogP contribution in [0, 0.1) is 0 Å². The van der Waals surface area contributed by atoms with Crippen LogP contribution in [0.25, 0.3) is 10.9 Å². The van der Waals surface area contributed by atoms with E-state index >= 15 is 0 Å². The van der Waals surface area contributed by atoms with Crippen LogP contribution >= 0.6 is 0 Å². The minimum Gasteiger partial charge on any atom is -0.385 e. The minimum absolute atomic E-state index is 0.763. The maximum atomic E-state index is 5.02. The third-order valence-corrected chi connectivity index (χ3v) is 3.40. The smallest absolute Gasteiger partial charge is 0.190 e. The summed E-state index contributed by atoms with van der Waals surface area (Å²) in [5.74, 6) is 0.839. The van der Waals surface area contributed by atoms with Crippen LogP contribution in [-0.2, 0) is 11.2 Å². The Labute approximate surface area is 125 Å². The molecule has 1 aromatic heterocycles. The van der Waals surface area contributed by atoms with Gasteiger partial charge in [0.1, 0.15) is 0 Å². The summed E-state index contributed by atoms with van der Waals surface area (Å²) in [5.41, 5.74) is 2.52. The summed E-state index contributed by atoms with van der Waals surface area (Å²) in [7, 11) is 3.51. The zero-order valence-electron chi connectivity index (χ0n) is 12.8. The van der Waals surface area contributed by atoms with Gasteiger partial charge in [-0.25, -0.2) is 0 Å². The second-order valence-corrected chi connectivity index (χ2v) is 4.88. The molecule has 0 saturated carbocycles. The van der Waals surface area contributed by atoms with Crippen LogP contribution in [0.15, 0.2) is 35.5 Å². The number of H-pyrrole nitrogens is 1. The number of aromatic nitrogens is 1. The van der Waals surface area contributed by atoms with E-state index in [4.69, 9.17) is 4.74 Å². The largest absolute Gasteiger partial charge is 0.385 e. The number of para-hydroxylation sites is 1. The van der Waals surface area contributed by atoms with E-state index in [1.807, 2.05) is 6.07 Å². The van der Waals surface area contributed by atoms with Crippen molar-refractivity contribution in [3.8, 4) is 0 Å². The van der Waals surface area contributed by atoms with Crippen molar-refractivity contribution in [2.24, 2.45) is 4.99 Å². The molecule has 0 aliphatic rings. The molecule has 1 heterocycles. The fourth-order valence-electron chi connectivity index (χ4n) is 2.30. The number of nitrogens with zero attached hydrogens (tertiary/aromatic N) is 1. The molecule has 0 bridgehead atoms. The Balaban J connectivity index is 1.77. The summed E-state index contributed by atoms with van der Waals surface area (Å²) in [6, 6.07) is 8.37. The molecular weight excluding hydrogens is 264 g/mol. The number of benzene rings is 1. The van der Waals surface area contributed by atoms with E-state index in [0.717, 1.165) is 38.5 Å². The van der Waals surface area contributed by atoms with E-state index in [2.05, 4.69) is 45.0 Å². The minimum atomic E-state index is 0.763. The third kappa shape index (κ3) is 4.49. The zero-order valence-corrected chi connectivity index (χ0v) is 12.8. The molecule has 0 amide bonds. The van der Waals surface area contributed by atoms with E-state index in [1.165, 1.54) is 16.5 Å². The molecule has 114 valence electrons. The lowest BCUT2D eigenvalue weighted by Crippen LogP contribution is -2.38. The van der Waals surface area contributed by atoms with E-state index in [9.17, 15) is 0 Å². The van der Waals surface area contributed by atoms with E-state index in [0.29, 0.717) is 0 Å². The predicted octanol–water partition coefficient (Wildman–Crippen LogP) is 1.91. The van der Waals surface area contributed by atoms with Gasteiger partial charge in [-0.15, -0.1) is 0 Å². The lowest BCUT2D eigenvalue weighted by Gasteiger charge is -2.11. The van der Waals surface area contributed by atoms with Crippen LogP contribution in [-0.4, -0.2) is 44.8 Å². The first-order valence-electron chi connectivity index (χ1n) is 7.33. The number of guanidine groups is 1. The highest BCUT2D eigenvalue weighted by Crippen LogP contribution is 2.17. The van der Waals surface area contributed by atoms with Gasteiger partial charge < -0.3 is 20.4 Å². The number of ether oxygens (including phenoxy) is 1. The molecule has 2 rings (SSSR count). The van der Waals surface area contributed by atoms with E-state index in [1.54, 1.807) is 14.2 Å². The molecule has 3 N–H and O–H groups in total. The third-order valence-electron chi connectivity index (χ3n) is 3.40. The molecule has 1 aromatic carbocycles. The summed E-state index contributed by atoms with van der Waals surface area (Å²) >= 11 is 0. The number of hydrogen-bond acceptors (Lipinski definition) is 2. The highest BCUT2D eigenvalue weighted by Gasteiger charge is 2.03. The van der Waals surface area contributed by atoms with Crippen LogP contribution < -0.4 is 10.6 Å². The van der Waals surface area contributed by atoms with Crippen molar-refractivity contribution in [2.75, 3.05) is 33.9 Å². The van der Waals surface area contributed by atoms with Gasteiger partial charge in [0.05, 0.1) is 0 Å². The first kappa shape index (κ1) is 15.4. The summed E-state index contributed by atoms with van der Waals surface area (Å²) < 4.78 is 5.02. The Kier molecular flexibility index (Phi) is 6.09. The first-order valence-corrected chi connectivity index (χ1v) is 7.33. The van der Waals surface area contributed by atoms with Crippen molar-refractivity contribution in [1.29, 1.82) is 0 Å². The molecule has 0 fully saturated rings. The van der Waals surface area contributed by atoms with Gasteiger partial charge in [-0.1, -0.05) is 18.2 Å². The van der Waals surface area contributed by atoms with Crippen molar-refractivity contribution in [2.45, 2.75) is 12.8 Å². The van der Waals surface area contributed by atoms with Gasteiger partial charge >= 0.3 is 0 Å². The number of fused-ring (bicyclic) bond motifs is 1. The average Bonchev–Trinajstić information content (AvgIpc) is 2.93. The fourth-order valence-corrected chi connectivity index (χ4v) is 2.30. The van der Waals surface area contributed by atoms with Gasteiger partial charge in [-0.05, 0) is 24.5 Å². The molecule has 0 saturated heterocycles.